The van der Waals surface area contributed by atoms with Gasteiger partial charge in [0.25, 0.3) is 5.91 Å². The molecule has 3 aromatic rings. The Balaban J connectivity index is 1.43. The minimum absolute atomic E-state index is 0.225. The zero-order valence-electron chi connectivity index (χ0n) is 17.6. The van der Waals surface area contributed by atoms with E-state index in [9.17, 15) is 14.4 Å². The summed E-state index contributed by atoms with van der Waals surface area (Å²) in [5.74, 6) is -1.25. The summed E-state index contributed by atoms with van der Waals surface area (Å²) in [6.07, 6.45) is 1.72. The zero-order chi connectivity index (χ0) is 22.8. The molecule has 0 aliphatic carbocycles. The lowest BCUT2D eigenvalue weighted by Gasteiger charge is -2.07. The van der Waals surface area contributed by atoms with Gasteiger partial charge < -0.3 is 10.1 Å². The van der Waals surface area contributed by atoms with Crippen LogP contribution in [0.25, 0.3) is 0 Å². The first-order valence-electron chi connectivity index (χ1n) is 9.99. The monoisotopic (exact) mass is 429 g/mol. The largest absolute Gasteiger partial charge is 0.452 e. The number of carbonyl (C=O) groups excluding carboxylic acids is 3. The van der Waals surface area contributed by atoms with Gasteiger partial charge in [-0.3, -0.25) is 9.59 Å². The van der Waals surface area contributed by atoms with Crippen LogP contribution in [0.4, 0.5) is 5.69 Å². The van der Waals surface area contributed by atoms with Crippen molar-refractivity contribution in [3.8, 4) is 0 Å². The Morgan fingerprint density at radius 3 is 2.25 bits per heavy atom. The van der Waals surface area contributed by atoms with Crippen LogP contribution < -0.4 is 10.7 Å². The number of nitrogens with one attached hydrogen (secondary N) is 2. The van der Waals surface area contributed by atoms with Crippen LogP contribution in [0.3, 0.4) is 0 Å². The molecule has 2 amide bonds. The Hall–Kier alpha value is -4.26. The van der Waals surface area contributed by atoms with Crippen molar-refractivity contribution in [2.45, 2.75) is 13.3 Å². The van der Waals surface area contributed by atoms with Crippen LogP contribution >= 0.6 is 0 Å². The summed E-state index contributed by atoms with van der Waals surface area (Å²) in [5, 5.41) is 6.59. The van der Waals surface area contributed by atoms with Gasteiger partial charge in [-0.2, -0.15) is 5.10 Å². The van der Waals surface area contributed by atoms with E-state index in [0.717, 1.165) is 11.1 Å². The summed E-state index contributed by atoms with van der Waals surface area (Å²) in [4.78, 5) is 36.0. The van der Waals surface area contributed by atoms with Gasteiger partial charge >= 0.3 is 5.97 Å². The number of amides is 2. The van der Waals surface area contributed by atoms with Crippen LogP contribution in [0.1, 0.15) is 27.0 Å². The highest BCUT2D eigenvalue weighted by atomic mass is 16.5. The highest BCUT2D eigenvalue weighted by Gasteiger charge is 2.10. The summed E-state index contributed by atoms with van der Waals surface area (Å²) in [6, 6.07) is 23.1. The molecule has 162 valence electrons. The summed E-state index contributed by atoms with van der Waals surface area (Å²) in [6.45, 7) is 1.57. The third-order valence-corrected chi connectivity index (χ3v) is 4.43. The molecule has 0 bridgehead atoms. The number of hydrazone groups is 1. The predicted octanol–water partition coefficient (Wildman–Crippen LogP) is 3.48. The van der Waals surface area contributed by atoms with Crippen LogP contribution in [0, 0.1) is 6.92 Å². The molecule has 0 aliphatic rings. The molecule has 0 saturated heterocycles. The third-order valence-electron chi connectivity index (χ3n) is 4.43. The lowest BCUT2D eigenvalue weighted by Crippen LogP contribution is -2.21. The van der Waals surface area contributed by atoms with Gasteiger partial charge in [0, 0.05) is 5.69 Å². The fraction of sp³-hybridized carbons (Fsp3) is 0.120. The van der Waals surface area contributed by atoms with E-state index >= 15 is 0 Å². The standard InChI is InChI=1S/C25H23N3O4/c1-18-7-13-22(14-8-18)27-24(30)17-32-25(31)21-11-9-20(10-12-21)16-26-28-23(29)15-19-5-3-2-4-6-19/h2-14,16H,15,17H2,1H3,(H,27,30)(H,28,29)/b26-16+. The number of esters is 1. The van der Waals surface area contributed by atoms with E-state index in [-0.39, 0.29) is 18.9 Å². The zero-order valence-corrected chi connectivity index (χ0v) is 17.6. The summed E-state index contributed by atoms with van der Waals surface area (Å²) in [5.41, 5.74) is 6.08. The second kappa shape index (κ2) is 11.2. The maximum absolute atomic E-state index is 12.1. The van der Waals surface area contributed by atoms with Crippen molar-refractivity contribution in [3.63, 3.8) is 0 Å². The molecule has 0 unspecified atom stereocenters. The Morgan fingerprint density at radius 1 is 0.875 bits per heavy atom. The molecule has 0 aromatic heterocycles. The maximum atomic E-state index is 12.1. The molecule has 0 atom stereocenters. The second-order valence-electron chi connectivity index (χ2n) is 7.07. The van der Waals surface area contributed by atoms with E-state index in [4.69, 9.17) is 4.74 Å². The van der Waals surface area contributed by atoms with Gasteiger partial charge in [0.2, 0.25) is 5.91 Å². The molecule has 0 spiro atoms. The second-order valence-corrected chi connectivity index (χ2v) is 7.07. The lowest BCUT2D eigenvalue weighted by molar-refractivity contribution is -0.120. The number of nitrogens with zero attached hydrogens (tertiary/aromatic N) is 1. The molecule has 0 heterocycles. The number of aryl methyl sites for hydroxylation is 1. The van der Waals surface area contributed by atoms with Crippen LogP contribution in [0.5, 0.6) is 0 Å². The minimum atomic E-state index is -0.608. The maximum Gasteiger partial charge on any atom is 0.338 e. The van der Waals surface area contributed by atoms with Gasteiger partial charge in [-0.05, 0) is 42.3 Å². The molecule has 3 rings (SSSR count). The van der Waals surface area contributed by atoms with Crippen LogP contribution in [-0.4, -0.2) is 30.6 Å². The van der Waals surface area contributed by atoms with Crippen molar-refractivity contribution >= 4 is 29.7 Å². The van der Waals surface area contributed by atoms with Crippen LogP contribution in [0.2, 0.25) is 0 Å². The first-order valence-corrected chi connectivity index (χ1v) is 9.99. The minimum Gasteiger partial charge on any atom is -0.452 e. The normalized spacial score (nSPS) is 10.5. The molecular formula is C25H23N3O4. The first-order chi connectivity index (χ1) is 15.5. The number of rotatable bonds is 8. The van der Waals surface area contributed by atoms with Gasteiger partial charge in [0.15, 0.2) is 6.61 Å². The molecule has 0 radical (unpaired) electrons. The number of anilines is 1. The average Bonchev–Trinajstić information content (AvgIpc) is 2.80. The van der Waals surface area contributed by atoms with Gasteiger partial charge in [0.1, 0.15) is 0 Å². The molecule has 7 nitrogen and oxygen atoms in total. The van der Waals surface area contributed by atoms with E-state index in [2.05, 4.69) is 15.8 Å². The Morgan fingerprint density at radius 2 is 1.56 bits per heavy atom. The predicted molar refractivity (Wildman–Crippen MR) is 122 cm³/mol. The Bertz CT molecular complexity index is 1090. The highest BCUT2D eigenvalue weighted by Crippen LogP contribution is 2.09. The van der Waals surface area contributed by atoms with Gasteiger partial charge in [0.05, 0.1) is 18.2 Å². The Kier molecular flexibility index (Phi) is 7.86. The molecule has 3 aromatic carbocycles. The van der Waals surface area contributed by atoms with Crippen LogP contribution in [0.15, 0.2) is 84.0 Å². The third kappa shape index (κ3) is 7.21. The van der Waals surface area contributed by atoms with Crippen molar-refractivity contribution in [2.75, 3.05) is 11.9 Å². The fourth-order valence-corrected chi connectivity index (χ4v) is 2.75. The smallest absolute Gasteiger partial charge is 0.338 e. The Labute approximate surface area is 186 Å². The molecule has 0 aliphatic heterocycles. The van der Waals surface area contributed by atoms with Crippen LogP contribution in [-0.2, 0) is 20.7 Å². The van der Waals surface area contributed by atoms with E-state index in [1.807, 2.05) is 49.4 Å². The van der Waals surface area contributed by atoms with Crippen molar-refractivity contribution < 1.29 is 19.1 Å². The van der Waals surface area contributed by atoms with E-state index in [1.165, 1.54) is 6.21 Å². The number of carbonyl (C=O) groups is 3. The van der Waals surface area contributed by atoms with Crippen molar-refractivity contribution in [2.24, 2.45) is 5.10 Å². The molecule has 32 heavy (non-hydrogen) atoms. The fourth-order valence-electron chi connectivity index (χ4n) is 2.75. The quantitative estimate of drug-likeness (QED) is 0.325. The first kappa shape index (κ1) is 22.4. The average molecular weight is 429 g/mol. The molecule has 0 saturated carbocycles. The highest BCUT2D eigenvalue weighted by molar-refractivity contribution is 5.96. The van der Waals surface area contributed by atoms with Gasteiger partial charge in [-0.1, -0.05) is 60.2 Å². The molecule has 0 fully saturated rings. The van der Waals surface area contributed by atoms with Gasteiger partial charge in [-0.15, -0.1) is 0 Å². The summed E-state index contributed by atoms with van der Waals surface area (Å²) in [7, 11) is 0. The SMILES string of the molecule is Cc1ccc(NC(=O)COC(=O)c2ccc(/C=N/NC(=O)Cc3ccccc3)cc2)cc1. The number of benzene rings is 3. The topological polar surface area (TPSA) is 96.9 Å². The summed E-state index contributed by atoms with van der Waals surface area (Å²) < 4.78 is 5.05. The van der Waals surface area contributed by atoms with Crippen molar-refractivity contribution in [1.29, 1.82) is 0 Å². The summed E-state index contributed by atoms with van der Waals surface area (Å²) >= 11 is 0. The lowest BCUT2D eigenvalue weighted by atomic mass is 10.1. The van der Waals surface area contributed by atoms with E-state index in [1.54, 1.807) is 36.4 Å². The van der Waals surface area contributed by atoms with E-state index < -0.39 is 11.9 Å². The van der Waals surface area contributed by atoms with E-state index in [0.29, 0.717) is 16.8 Å². The number of hydrogen-bond acceptors (Lipinski definition) is 5. The number of hydrogen-bond donors (Lipinski definition) is 2. The molecular weight excluding hydrogens is 406 g/mol. The number of ether oxygens (including phenoxy) is 1. The van der Waals surface area contributed by atoms with Crippen molar-refractivity contribution in [3.05, 3.63) is 101 Å². The van der Waals surface area contributed by atoms with Gasteiger partial charge in [-0.25, -0.2) is 10.2 Å². The van der Waals surface area contributed by atoms with Crippen molar-refractivity contribution in [1.82, 2.24) is 5.43 Å². The molecule has 7 heteroatoms. The molecule has 2 N–H and O–H groups in total.